The van der Waals surface area contributed by atoms with Gasteiger partial charge < -0.3 is 5.11 Å². The maximum Gasteiger partial charge on any atom is 0.458 e. The van der Waals surface area contributed by atoms with Crippen LogP contribution in [-0.4, -0.2) is 41.3 Å². The van der Waals surface area contributed by atoms with Crippen molar-refractivity contribution in [2.24, 2.45) is 0 Å². The quantitative estimate of drug-likeness (QED) is 0.752. The fourth-order valence-corrected chi connectivity index (χ4v) is 1.16. The van der Waals surface area contributed by atoms with E-state index in [1.807, 2.05) is 0 Å². The van der Waals surface area contributed by atoms with Gasteiger partial charge in [-0.2, -0.15) is 48.3 Å². The van der Waals surface area contributed by atoms with Gasteiger partial charge in [0.1, 0.15) is 0 Å². The Morgan fingerprint density at radius 2 is 1.10 bits per heavy atom. The second-order valence-corrected chi connectivity index (χ2v) is 3.47. The summed E-state index contributed by atoms with van der Waals surface area (Å²) in [6.45, 7) is 0. The first-order chi connectivity index (χ1) is 8.41. The smallest absolute Gasteiger partial charge is 0.332 e. The molecule has 0 aromatic rings. The molecule has 1 rings (SSSR count). The van der Waals surface area contributed by atoms with E-state index in [0.29, 0.717) is 0 Å². The second kappa shape index (κ2) is 3.85. The van der Waals surface area contributed by atoms with Crippen LogP contribution in [0.1, 0.15) is 0 Å². The van der Waals surface area contributed by atoms with Gasteiger partial charge in [0, 0.05) is 0 Å². The van der Waals surface area contributed by atoms with Gasteiger partial charge in [-0.3, -0.25) is 9.47 Å². The van der Waals surface area contributed by atoms with Gasteiger partial charge in [-0.05, 0) is 0 Å². The number of rotatable bonds is 1. The summed E-state index contributed by atoms with van der Waals surface area (Å²) in [4.78, 5) is 0. The molecule has 1 aliphatic heterocycles. The number of ether oxygens (including phenoxy) is 2. The van der Waals surface area contributed by atoms with Crippen molar-refractivity contribution in [1.82, 2.24) is 0 Å². The maximum atomic E-state index is 13.0. The fourth-order valence-electron chi connectivity index (χ4n) is 1.16. The van der Waals surface area contributed by atoms with E-state index < -0.39 is 36.2 Å². The molecule has 20 heavy (non-hydrogen) atoms. The normalized spacial score (nSPS) is 35.4. The Morgan fingerprint density at radius 3 is 1.25 bits per heavy atom. The Labute approximate surface area is 100 Å². The summed E-state index contributed by atoms with van der Waals surface area (Å²) in [5.74, 6) is -12.8. The monoisotopic (exact) mass is 330 g/mol. The third kappa shape index (κ3) is 2.00. The summed E-state index contributed by atoms with van der Waals surface area (Å²) in [5, 5.41) is 7.86. The summed E-state index contributed by atoms with van der Waals surface area (Å²) < 4.78 is 140. The zero-order chi connectivity index (χ0) is 16.4. The standard InChI is InChI=1S/C6HF11O3/c7-1(3(8,9)10)6(16,17)20-2(19-1,4(11,12)13)5(14,15)18/h18H. The lowest BCUT2D eigenvalue weighted by atomic mass is 10.2. The van der Waals surface area contributed by atoms with Crippen LogP contribution in [0.4, 0.5) is 48.3 Å². The third-order valence-corrected chi connectivity index (χ3v) is 2.06. The van der Waals surface area contributed by atoms with Gasteiger partial charge in [-0.1, -0.05) is 0 Å². The zero-order valence-electron chi connectivity index (χ0n) is 8.42. The lowest BCUT2D eigenvalue weighted by Gasteiger charge is -2.32. The minimum atomic E-state index is -6.87. The van der Waals surface area contributed by atoms with Crippen LogP contribution in [0.5, 0.6) is 0 Å². The minimum absolute atomic E-state index is 2.13. The van der Waals surface area contributed by atoms with Crippen LogP contribution in [0.2, 0.25) is 0 Å². The molecular weight excluding hydrogens is 329 g/mol. The molecule has 0 aromatic carbocycles. The summed E-state index contributed by atoms with van der Waals surface area (Å²) in [7, 11) is 0. The van der Waals surface area contributed by atoms with Gasteiger partial charge in [0.25, 0.3) is 0 Å². The van der Waals surface area contributed by atoms with Crippen LogP contribution in [0.15, 0.2) is 0 Å². The molecule has 14 heteroatoms. The van der Waals surface area contributed by atoms with E-state index >= 15 is 0 Å². The molecule has 3 nitrogen and oxygen atoms in total. The minimum Gasteiger partial charge on any atom is -0.332 e. The van der Waals surface area contributed by atoms with Crippen molar-refractivity contribution in [2.45, 2.75) is 36.2 Å². The number of aliphatic hydroxyl groups is 1. The molecule has 1 saturated heterocycles. The average molecular weight is 330 g/mol. The van der Waals surface area contributed by atoms with E-state index in [1.54, 1.807) is 0 Å². The van der Waals surface area contributed by atoms with Crippen molar-refractivity contribution in [3.05, 3.63) is 0 Å². The zero-order valence-corrected chi connectivity index (χ0v) is 8.42. The van der Waals surface area contributed by atoms with Crippen molar-refractivity contribution in [2.75, 3.05) is 0 Å². The van der Waals surface area contributed by atoms with Crippen molar-refractivity contribution < 1.29 is 62.9 Å². The highest BCUT2D eigenvalue weighted by Gasteiger charge is 2.92. The Hall–Kier alpha value is -0.890. The molecule has 1 aliphatic rings. The Bertz CT molecular complexity index is 378. The van der Waals surface area contributed by atoms with Gasteiger partial charge in [0.2, 0.25) is 0 Å². The Morgan fingerprint density at radius 1 is 0.700 bits per heavy atom. The van der Waals surface area contributed by atoms with Crippen molar-refractivity contribution in [3.8, 4) is 0 Å². The SMILES string of the molecule is OC(F)(F)C1(C(F)(F)F)OC(F)(F)C(F)(C(F)(F)F)O1. The van der Waals surface area contributed by atoms with E-state index in [-0.39, 0.29) is 0 Å². The predicted octanol–water partition coefficient (Wildman–Crippen LogP) is 2.70. The molecule has 1 heterocycles. The second-order valence-electron chi connectivity index (χ2n) is 3.47. The maximum absolute atomic E-state index is 13.0. The van der Waals surface area contributed by atoms with Gasteiger partial charge in [0.15, 0.2) is 0 Å². The van der Waals surface area contributed by atoms with E-state index in [4.69, 9.17) is 5.11 Å². The van der Waals surface area contributed by atoms with Gasteiger partial charge in [-0.15, -0.1) is 0 Å². The van der Waals surface area contributed by atoms with E-state index in [2.05, 4.69) is 9.47 Å². The topological polar surface area (TPSA) is 38.7 Å². The molecule has 0 radical (unpaired) electrons. The number of hydrogen-bond donors (Lipinski definition) is 1. The van der Waals surface area contributed by atoms with Crippen LogP contribution < -0.4 is 0 Å². The molecule has 0 spiro atoms. The fraction of sp³-hybridized carbons (Fsp3) is 1.00. The molecule has 2 unspecified atom stereocenters. The molecule has 1 N–H and O–H groups in total. The Kier molecular flexibility index (Phi) is 3.30. The molecular formula is C6HF11O3. The van der Waals surface area contributed by atoms with Gasteiger partial charge >= 0.3 is 36.2 Å². The highest BCUT2D eigenvalue weighted by Crippen LogP contribution is 2.62. The number of halogens is 11. The molecule has 0 bridgehead atoms. The first-order valence-electron chi connectivity index (χ1n) is 4.12. The summed E-state index contributed by atoms with van der Waals surface area (Å²) in [6.07, 6.45) is -26.6. The van der Waals surface area contributed by atoms with E-state index in [9.17, 15) is 48.3 Å². The highest BCUT2D eigenvalue weighted by molar-refractivity contribution is 5.02. The van der Waals surface area contributed by atoms with Crippen molar-refractivity contribution in [1.29, 1.82) is 0 Å². The molecule has 0 saturated carbocycles. The highest BCUT2D eigenvalue weighted by atomic mass is 19.4. The largest absolute Gasteiger partial charge is 0.458 e. The molecule has 120 valence electrons. The Balaban J connectivity index is 3.52. The lowest BCUT2D eigenvalue weighted by Crippen LogP contribution is -2.61. The van der Waals surface area contributed by atoms with Crippen LogP contribution in [-0.2, 0) is 9.47 Å². The number of alkyl halides is 11. The first-order valence-corrected chi connectivity index (χ1v) is 4.12. The molecule has 0 aromatic heterocycles. The lowest BCUT2D eigenvalue weighted by molar-refractivity contribution is -0.484. The molecule has 1 fully saturated rings. The summed E-state index contributed by atoms with van der Waals surface area (Å²) in [6, 6.07) is 0. The average Bonchev–Trinajstić information content (AvgIpc) is 2.32. The van der Waals surface area contributed by atoms with Crippen LogP contribution in [0.3, 0.4) is 0 Å². The molecule has 2 atom stereocenters. The number of hydrogen-bond acceptors (Lipinski definition) is 3. The van der Waals surface area contributed by atoms with Crippen LogP contribution in [0.25, 0.3) is 0 Å². The van der Waals surface area contributed by atoms with E-state index in [1.165, 1.54) is 0 Å². The van der Waals surface area contributed by atoms with Gasteiger partial charge in [0.05, 0.1) is 0 Å². The van der Waals surface area contributed by atoms with Crippen LogP contribution in [0, 0.1) is 0 Å². The van der Waals surface area contributed by atoms with Gasteiger partial charge in [-0.25, -0.2) is 0 Å². The predicted molar refractivity (Wildman–Crippen MR) is 33.0 cm³/mol. The van der Waals surface area contributed by atoms with Crippen molar-refractivity contribution >= 4 is 0 Å². The summed E-state index contributed by atoms with van der Waals surface area (Å²) in [5.41, 5.74) is 0. The van der Waals surface area contributed by atoms with E-state index in [0.717, 1.165) is 0 Å². The van der Waals surface area contributed by atoms with Crippen molar-refractivity contribution in [3.63, 3.8) is 0 Å². The first kappa shape index (κ1) is 17.2. The molecule has 0 aliphatic carbocycles. The molecule has 0 amide bonds. The van der Waals surface area contributed by atoms with Crippen LogP contribution >= 0.6 is 0 Å². The summed E-state index contributed by atoms with van der Waals surface area (Å²) >= 11 is 0. The third-order valence-electron chi connectivity index (χ3n) is 2.06.